The zero-order valence-corrected chi connectivity index (χ0v) is 11.7. The molecule has 2 atom stereocenters. The van der Waals surface area contributed by atoms with Crippen molar-refractivity contribution in [3.05, 3.63) is 23.5 Å². The summed E-state index contributed by atoms with van der Waals surface area (Å²) in [6.45, 7) is 1.84. The summed E-state index contributed by atoms with van der Waals surface area (Å²) in [4.78, 5) is 11.4. The van der Waals surface area contributed by atoms with E-state index in [1.54, 1.807) is 6.07 Å². The quantitative estimate of drug-likeness (QED) is 0.779. The number of halogens is 1. The molecule has 1 saturated heterocycles. The van der Waals surface area contributed by atoms with Crippen molar-refractivity contribution in [1.82, 2.24) is 5.32 Å². The van der Waals surface area contributed by atoms with Gasteiger partial charge in [0.2, 0.25) is 5.91 Å². The molecule has 1 aromatic rings. The molecule has 0 aromatic heterocycles. The molecule has 1 aromatic carbocycles. The van der Waals surface area contributed by atoms with Crippen molar-refractivity contribution in [3.63, 3.8) is 0 Å². The van der Waals surface area contributed by atoms with Crippen LogP contribution in [0.2, 0.25) is 0 Å². The van der Waals surface area contributed by atoms with Gasteiger partial charge in [-0.2, -0.15) is 0 Å². The van der Waals surface area contributed by atoms with Crippen molar-refractivity contribution >= 4 is 11.6 Å². The van der Waals surface area contributed by atoms with Crippen LogP contribution in [0.1, 0.15) is 18.4 Å². The number of ether oxygens (including phenoxy) is 1. The number of carbonyl (C=O) groups excluding carboxylic acids is 1. The number of anilines is 1. The maximum absolute atomic E-state index is 13.8. The molecule has 6 heteroatoms. The molecule has 0 radical (unpaired) electrons. The maximum Gasteiger partial charge on any atom is 0.224 e. The summed E-state index contributed by atoms with van der Waals surface area (Å²) >= 11 is 0. The van der Waals surface area contributed by atoms with Crippen LogP contribution in [0, 0.1) is 11.7 Å². The van der Waals surface area contributed by atoms with Crippen LogP contribution >= 0.6 is 0 Å². The molecule has 1 fully saturated rings. The van der Waals surface area contributed by atoms with Crippen LogP contribution < -0.4 is 15.4 Å². The Kier molecular flexibility index (Phi) is 4.07. The lowest BCUT2D eigenvalue weighted by atomic mass is 9.96. The van der Waals surface area contributed by atoms with Crippen LogP contribution in [0.4, 0.5) is 10.1 Å². The normalized spacial score (nSPS) is 25.1. The second-order valence-electron chi connectivity index (χ2n) is 5.58. The average Bonchev–Trinajstić information content (AvgIpc) is 2.48. The number of carbonyl (C=O) groups is 1. The first-order valence-corrected chi connectivity index (χ1v) is 7.28. The Balaban J connectivity index is 1.74. The van der Waals surface area contributed by atoms with Crippen molar-refractivity contribution in [2.24, 2.45) is 5.92 Å². The van der Waals surface area contributed by atoms with Gasteiger partial charge in [-0.1, -0.05) is 0 Å². The Morgan fingerprint density at radius 1 is 1.38 bits per heavy atom. The third-order valence-electron chi connectivity index (χ3n) is 4.13. The minimum Gasteiger partial charge on any atom is -0.493 e. The van der Waals surface area contributed by atoms with Crippen LogP contribution in [0.15, 0.2) is 12.1 Å². The highest BCUT2D eigenvalue weighted by atomic mass is 19.1. The topological polar surface area (TPSA) is 70.6 Å². The monoisotopic (exact) mass is 294 g/mol. The van der Waals surface area contributed by atoms with Crippen LogP contribution in [0.3, 0.4) is 0 Å². The zero-order valence-electron chi connectivity index (χ0n) is 11.7. The van der Waals surface area contributed by atoms with E-state index in [-0.39, 0.29) is 17.5 Å². The number of nitrogens with one attached hydrogen (secondary N) is 2. The first-order chi connectivity index (χ1) is 10.1. The Morgan fingerprint density at radius 3 is 3.05 bits per heavy atom. The predicted octanol–water partition coefficient (Wildman–Crippen LogP) is 1.06. The Hall–Kier alpha value is -1.66. The number of rotatable bonds is 3. The van der Waals surface area contributed by atoms with Gasteiger partial charge in [-0.3, -0.25) is 4.79 Å². The van der Waals surface area contributed by atoms with Crippen molar-refractivity contribution in [2.75, 3.05) is 25.0 Å². The number of aliphatic hydroxyl groups excluding tert-OH is 1. The second-order valence-corrected chi connectivity index (χ2v) is 5.58. The van der Waals surface area contributed by atoms with Crippen LogP contribution in [0.25, 0.3) is 0 Å². The number of hydrogen-bond donors (Lipinski definition) is 3. The van der Waals surface area contributed by atoms with Gasteiger partial charge in [-0.15, -0.1) is 0 Å². The van der Waals surface area contributed by atoms with E-state index in [0.29, 0.717) is 37.3 Å². The zero-order chi connectivity index (χ0) is 14.8. The summed E-state index contributed by atoms with van der Waals surface area (Å²) in [7, 11) is 0. The summed E-state index contributed by atoms with van der Waals surface area (Å²) < 4.78 is 19.6. The SMILES string of the molecule is O=C1CCc2c(OCC3CCNCC3O)ccc(F)c2N1. The number of aliphatic hydroxyl groups is 1. The molecule has 0 aliphatic carbocycles. The van der Waals surface area contributed by atoms with Gasteiger partial charge in [0.25, 0.3) is 0 Å². The van der Waals surface area contributed by atoms with E-state index < -0.39 is 11.9 Å². The van der Waals surface area contributed by atoms with E-state index in [0.717, 1.165) is 13.0 Å². The van der Waals surface area contributed by atoms with E-state index in [4.69, 9.17) is 4.74 Å². The molecule has 3 N–H and O–H groups in total. The highest BCUT2D eigenvalue weighted by Gasteiger charge is 2.25. The van der Waals surface area contributed by atoms with Crippen LogP contribution in [-0.4, -0.2) is 36.8 Å². The van der Waals surface area contributed by atoms with Crippen molar-refractivity contribution in [2.45, 2.75) is 25.4 Å². The van der Waals surface area contributed by atoms with E-state index in [2.05, 4.69) is 10.6 Å². The van der Waals surface area contributed by atoms with Crippen molar-refractivity contribution in [1.29, 1.82) is 0 Å². The predicted molar refractivity (Wildman–Crippen MR) is 75.8 cm³/mol. The molecule has 0 saturated carbocycles. The van der Waals surface area contributed by atoms with E-state index >= 15 is 0 Å². The molecule has 1 amide bonds. The van der Waals surface area contributed by atoms with Gasteiger partial charge < -0.3 is 20.5 Å². The molecular weight excluding hydrogens is 275 g/mol. The minimum absolute atomic E-state index is 0.0742. The lowest BCUT2D eigenvalue weighted by Gasteiger charge is -2.29. The van der Waals surface area contributed by atoms with Crippen molar-refractivity contribution < 1.29 is 19.0 Å². The summed E-state index contributed by atoms with van der Waals surface area (Å²) in [5.41, 5.74) is 0.938. The minimum atomic E-state index is -0.438. The molecule has 2 unspecified atom stereocenters. The number of benzene rings is 1. The Labute approximate surface area is 122 Å². The molecular formula is C15H19FN2O3. The highest BCUT2D eigenvalue weighted by molar-refractivity contribution is 5.94. The molecule has 21 heavy (non-hydrogen) atoms. The van der Waals surface area contributed by atoms with Crippen molar-refractivity contribution in [3.8, 4) is 5.75 Å². The summed E-state index contributed by atoms with van der Waals surface area (Å²) in [6, 6.07) is 2.90. The first kappa shape index (κ1) is 14.3. The molecule has 2 aliphatic heterocycles. The lowest BCUT2D eigenvalue weighted by Crippen LogP contribution is -2.42. The smallest absolute Gasteiger partial charge is 0.224 e. The largest absolute Gasteiger partial charge is 0.493 e. The van der Waals surface area contributed by atoms with Gasteiger partial charge in [0, 0.05) is 24.4 Å². The number of piperidine rings is 1. The molecule has 0 bridgehead atoms. The summed E-state index contributed by atoms with van der Waals surface area (Å²) in [5, 5.41) is 15.6. The van der Waals surface area contributed by atoms with E-state index in [9.17, 15) is 14.3 Å². The van der Waals surface area contributed by atoms with Gasteiger partial charge in [-0.05, 0) is 31.5 Å². The molecule has 5 nitrogen and oxygen atoms in total. The lowest BCUT2D eigenvalue weighted by molar-refractivity contribution is -0.116. The standard InChI is InChI=1S/C15H19FN2O3/c16-11-2-3-13(10-1-4-14(20)18-15(10)11)21-8-9-5-6-17-7-12(9)19/h2-3,9,12,17,19H,1,4-8H2,(H,18,20). The van der Waals surface area contributed by atoms with Gasteiger partial charge in [0.05, 0.1) is 18.4 Å². The Morgan fingerprint density at radius 2 is 2.24 bits per heavy atom. The summed E-state index contributed by atoms with van der Waals surface area (Å²) in [5.74, 6) is 0.0573. The fourth-order valence-electron chi connectivity index (χ4n) is 2.85. The number of fused-ring (bicyclic) bond motifs is 1. The van der Waals surface area contributed by atoms with Crippen LogP contribution in [-0.2, 0) is 11.2 Å². The van der Waals surface area contributed by atoms with Gasteiger partial charge in [-0.25, -0.2) is 4.39 Å². The number of amides is 1. The van der Waals surface area contributed by atoms with Gasteiger partial charge in [0.1, 0.15) is 11.6 Å². The average molecular weight is 294 g/mol. The fraction of sp³-hybridized carbons (Fsp3) is 0.533. The third-order valence-corrected chi connectivity index (χ3v) is 4.13. The first-order valence-electron chi connectivity index (χ1n) is 7.28. The Bertz CT molecular complexity index is 550. The third kappa shape index (κ3) is 3.01. The summed E-state index contributed by atoms with van der Waals surface area (Å²) in [6.07, 6.45) is 1.24. The van der Waals surface area contributed by atoms with E-state index in [1.807, 2.05) is 0 Å². The molecule has 0 spiro atoms. The molecule has 114 valence electrons. The van der Waals surface area contributed by atoms with Crippen LogP contribution in [0.5, 0.6) is 5.75 Å². The van der Waals surface area contributed by atoms with E-state index in [1.165, 1.54) is 6.07 Å². The molecule has 2 heterocycles. The molecule has 2 aliphatic rings. The number of hydrogen-bond acceptors (Lipinski definition) is 4. The molecule has 3 rings (SSSR count). The fourth-order valence-corrected chi connectivity index (χ4v) is 2.85. The maximum atomic E-state index is 13.8. The van der Waals surface area contributed by atoms with Gasteiger partial charge >= 0.3 is 0 Å². The number of β-amino-alcohol motifs (C(OH)–C–C–N with tert-alkyl or cyclic N) is 1. The highest BCUT2D eigenvalue weighted by Crippen LogP contribution is 2.34. The van der Waals surface area contributed by atoms with Gasteiger partial charge in [0.15, 0.2) is 0 Å². The second kappa shape index (κ2) is 5.99.